The number of fused-ring (bicyclic) bond motifs is 3. The second-order valence-electron chi connectivity index (χ2n) is 8.99. The Bertz CT molecular complexity index is 1850. The predicted molar refractivity (Wildman–Crippen MR) is 147 cm³/mol. The van der Waals surface area contributed by atoms with Crippen molar-refractivity contribution in [3.8, 4) is 11.1 Å². The molecule has 5 nitrogen and oxygen atoms in total. The van der Waals surface area contributed by atoms with Gasteiger partial charge in [0.25, 0.3) is 0 Å². The van der Waals surface area contributed by atoms with Gasteiger partial charge in [-0.1, -0.05) is 97.1 Å². The summed E-state index contributed by atoms with van der Waals surface area (Å²) >= 11 is 0. The Kier molecular flexibility index (Phi) is 5.66. The van der Waals surface area contributed by atoms with Gasteiger partial charge in [-0.25, -0.2) is 4.79 Å². The van der Waals surface area contributed by atoms with E-state index in [1.54, 1.807) is 65.1 Å². The molecule has 0 aliphatic heterocycles. The predicted octanol–water partition coefficient (Wildman–Crippen LogP) is 6.92. The molecule has 0 atom stereocenters. The molecule has 0 aliphatic carbocycles. The smallest absolute Gasteiger partial charge is 0.335 e. The van der Waals surface area contributed by atoms with Crippen molar-refractivity contribution in [1.82, 2.24) is 4.40 Å². The maximum Gasteiger partial charge on any atom is 0.335 e. The van der Waals surface area contributed by atoms with Gasteiger partial charge in [0, 0.05) is 16.7 Å². The third-order valence-corrected chi connectivity index (χ3v) is 6.72. The van der Waals surface area contributed by atoms with Crippen molar-refractivity contribution in [1.29, 1.82) is 0 Å². The van der Waals surface area contributed by atoms with Crippen LogP contribution in [-0.2, 0) is 0 Å². The Labute approximate surface area is 218 Å². The van der Waals surface area contributed by atoms with Gasteiger partial charge >= 0.3 is 5.97 Å². The number of carboxylic acid groups (broad SMARTS) is 1. The van der Waals surface area contributed by atoms with Crippen LogP contribution in [0.15, 0.2) is 121 Å². The van der Waals surface area contributed by atoms with Crippen LogP contribution >= 0.6 is 0 Å². The van der Waals surface area contributed by atoms with Crippen LogP contribution < -0.4 is 0 Å². The van der Waals surface area contributed by atoms with Crippen molar-refractivity contribution in [2.75, 3.05) is 0 Å². The number of aromatic carboxylic acids is 1. The summed E-state index contributed by atoms with van der Waals surface area (Å²) in [6, 6.07) is 35.8. The van der Waals surface area contributed by atoms with E-state index < -0.39 is 5.97 Å². The lowest BCUT2D eigenvalue weighted by molar-refractivity contribution is 0.0696. The van der Waals surface area contributed by atoms with E-state index in [1.165, 1.54) is 6.07 Å². The van der Waals surface area contributed by atoms with E-state index in [-0.39, 0.29) is 17.1 Å². The monoisotopic (exact) mass is 495 g/mol. The topological polar surface area (TPSA) is 75.8 Å². The normalized spacial score (nSPS) is 11.1. The summed E-state index contributed by atoms with van der Waals surface area (Å²) in [6.07, 6.45) is 0. The molecule has 0 fully saturated rings. The van der Waals surface area contributed by atoms with E-state index in [4.69, 9.17) is 0 Å². The molecule has 0 amide bonds. The van der Waals surface area contributed by atoms with Crippen LogP contribution in [0, 0.1) is 0 Å². The van der Waals surface area contributed by atoms with Gasteiger partial charge in [0.1, 0.15) is 5.69 Å². The molecule has 0 unspecified atom stereocenters. The molecule has 6 rings (SSSR count). The van der Waals surface area contributed by atoms with Crippen molar-refractivity contribution < 1.29 is 19.5 Å². The Morgan fingerprint density at radius 1 is 0.553 bits per heavy atom. The van der Waals surface area contributed by atoms with E-state index in [0.717, 1.165) is 5.56 Å². The number of hydrogen-bond donors (Lipinski definition) is 1. The zero-order valence-electron chi connectivity index (χ0n) is 20.2. The van der Waals surface area contributed by atoms with Gasteiger partial charge in [0.15, 0.2) is 5.78 Å². The van der Waals surface area contributed by atoms with E-state index in [1.807, 2.05) is 54.6 Å². The largest absolute Gasteiger partial charge is 0.478 e. The van der Waals surface area contributed by atoms with E-state index in [2.05, 4.69) is 0 Å². The molecule has 182 valence electrons. The van der Waals surface area contributed by atoms with Crippen molar-refractivity contribution >= 4 is 34.0 Å². The van der Waals surface area contributed by atoms with Gasteiger partial charge in [-0.15, -0.1) is 0 Å². The number of aromatic nitrogens is 1. The lowest BCUT2D eigenvalue weighted by atomic mass is 9.92. The van der Waals surface area contributed by atoms with Crippen molar-refractivity contribution in [2.45, 2.75) is 0 Å². The van der Waals surface area contributed by atoms with Crippen LogP contribution in [0.4, 0.5) is 0 Å². The number of carbonyl (C=O) groups is 3. The molecule has 5 heteroatoms. The first-order valence-electron chi connectivity index (χ1n) is 12.1. The quantitative estimate of drug-likeness (QED) is 0.255. The van der Waals surface area contributed by atoms with Crippen LogP contribution in [0.25, 0.3) is 27.5 Å². The summed E-state index contributed by atoms with van der Waals surface area (Å²) in [6.45, 7) is 0. The minimum absolute atomic E-state index is 0.142. The van der Waals surface area contributed by atoms with Crippen LogP contribution in [0.1, 0.15) is 42.3 Å². The molecule has 0 saturated heterocycles. The molecule has 0 spiro atoms. The van der Waals surface area contributed by atoms with Gasteiger partial charge in [-0.3, -0.25) is 9.59 Å². The molecule has 0 radical (unpaired) electrons. The maximum absolute atomic E-state index is 14.2. The number of carboxylic acids is 1. The second-order valence-corrected chi connectivity index (χ2v) is 8.99. The molecule has 4 aromatic carbocycles. The standard InChI is InChI=1S/C33H21NO4/c35-31(22-12-6-2-7-13-22)29-27-19-16-24-20-25(33(37)38)17-18-26(24)34(27)30(28(29)21-10-4-1-5-11-21)32(36)23-14-8-3-9-15-23/h1-20H,(H,37,38). The van der Waals surface area contributed by atoms with Crippen molar-refractivity contribution in [2.24, 2.45) is 0 Å². The van der Waals surface area contributed by atoms with Crippen LogP contribution in [0.2, 0.25) is 0 Å². The summed E-state index contributed by atoms with van der Waals surface area (Å²) in [7, 11) is 0. The van der Waals surface area contributed by atoms with Crippen LogP contribution in [0.3, 0.4) is 0 Å². The fourth-order valence-electron chi connectivity index (χ4n) is 4.98. The number of pyridine rings is 1. The first kappa shape index (κ1) is 23.1. The minimum atomic E-state index is -1.04. The summed E-state index contributed by atoms with van der Waals surface area (Å²) in [4.78, 5) is 40.0. The zero-order valence-corrected chi connectivity index (χ0v) is 20.2. The highest BCUT2D eigenvalue weighted by Gasteiger charge is 2.30. The number of hydrogen-bond acceptors (Lipinski definition) is 3. The Balaban J connectivity index is 1.79. The first-order valence-corrected chi connectivity index (χ1v) is 12.1. The average molecular weight is 496 g/mol. The van der Waals surface area contributed by atoms with E-state index >= 15 is 0 Å². The molecule has 2 aromatic heterocycles. The second kappa shape index (κ2) is 9.30. The van der Waals surface area contributed by atoms with Gasteiger partial charge in [0.2, 0.25) is 5.78 Å². The van der Waals surface area contributed by atoms with Crippen LogP contribution in [-0.4, -0.2) is 27.0 Å². The summed E-state index contributed by atoms with van der Waals surface area (Å²) in [5.41, 5.74) is 4.41. The zero-order chi connectivity index (χ0) is 26.2. The number of benzene rings is 4. The van der Waals surface area contributed by atoms with Crippen LogP contribution in [0.5, 0.6) is 0 Å². The Morgan fingerprint density at radius 3 is 1.71 bits per heavy atom. The molecule has 6 aromatic rings. The fourth-order valence-corrected chi connectivity index (χ4v) is 4.98. The highest BCUT2D eigenvalue weighted by Crippen LogP contribution is 2.38. The Morgan fingerprint density at radius 2 is 1.11 bits per heavy atom. The summed E-state index contributed by atoms with van der Waals surface area (Å²) < 4.78 is 1.80. The Hall–Kier alpha value is -5.29. The number of carbonyl (C=O) groups excluding carboxylic acids is 2. The van der Waals surface area contributed by atoms with E-state index in [0.29, 0.717) is 44.4 Å². The highest BCUT2D eigenvalue weighted by molar-refractivity contribution is 6.24. The van der Waals surface area contributed by atoms with Gasteiger partial charge in [-0.05, 0) is 35.2 Å². The van der Waals surface area contributed by atoms with Crippen molar-refractivity contribution in [3.05, 3.63) is 149 Å². The molecule has 0 saturated carbocycles. The third-order valence-electron chi connectivity index (χ3n) is 6.72. The molecular weight excluding hydrogens is 474 g/mol. The van der Waals surface area contributed by atoms with Crippen molar-refractivity contribution in [3.63, 3.8) is 0 Å². The maximum atomic E-state index is 14.2. The summed E-state index contributed by atoms with van der Waals surface area (Å²) in [5.74, 6) is -1.47. The average Bonchev–Trinajstić information content (AvgIpc) is 3.33. The summed E-state index contributed by atoms with van der Waals surface area (Å²) in [5, 5.41) is 10.2. The van der Waals surface area contributed by atoms with Gasteiger partial charge in [-0.2, -0.15) is 0 Å². The SMILES string of the molecule is O=C(O)c1ccc2c(ccc3c(C(=O)c4ccccc4)c(-c4ccccc4)c(C(=O)c4ccccc4)n32)c1. The molecular formula is C33H21NO4. The molecule has 2 heterocycles. The molecule has 0 bridgehead atoms. The fraction of sp³-hybridized carbons (Fsp3) is 0. The molecule has 0 aliphatic rings. The lowest BCUT2D eigenvalue weighted by Crippen LogP contribution is -2.08. The lowest BCUT2D eigenvalue weighted by Gasteiger charge is -2.10. The number of ketones is 2. The van der Waals surface area contributed by atoms with Gasteiger partial charge in [0.05, 0.1) is 22.2 Å². The third kappa shape index (κ3) is 3.78. The first-order chi connectivity index (χ1) is 18.5. The van der Waals surface area contributed by atoms with Gasteiger partial charge < -0.3 is 9.51 Å². The minimum Gasteiger partial charge on any atom is -0.478 e. The number of rotatable bonds is 6. The highest BCUT2D eigenvalue weighted by atomic mass is 16.4. The molecule has 38 heavy (non-hydrogen) atoms. The van der Waals surface area contributed by atoms with E-state index in [9.17, 15) is 19.5 Å². The number of nitrogens with zero attached hydrogens (tertiary/aromatic N) is 1. The molecule has 1 N–H and O–H groups in total.